The first-order valence-electron chi connectivity index (χ1n) is 9.48. The number of nitrogens with one attached hydrogen (secondary N) is 2. The molecule has 0 fully saturated rings. The number of hydrogen-bond acceptors (Lipinski definition) is 6. The quantitative estimate of drug-likeness (QED) is 0.461. The van der Waals surface area contributed by atoms with Gasteiger partial charge in [0, 0.05) is 5.56 Å². The highest BCUT2D eigenvalue weighted by Crippen LogP contribution is 2.27. The zero-order valence-electron chi connectivity index (χ0n) is 17.6. The predicted molar refractivity (Wildman–Crippen MR) is 114 cm³/mol. The van der Waals surface area contributed by atoms with Gasteiger partial charge in [-0.15, -0.1) is 0 Å². The third-order valence-electron chi connectivity index (χ3n) is 3.92. The topological polar surface area (TPSA) is 98.2 Å². The maximum Gasteiger partial charge on any atom is 0.259 e. The predicted octanol–water partition coefficient (Wildman–Crippen LogP) is 2.62. The average Bonchev–Trinajstić information content (AvgIpc) is 2.76. The number of ether oxygens (including phenoxy) is 3. The van der Waals surface area contributed by atoms with Crippen LogP contribution in [0.3, 0.4) is 0 Å². The minimum Gasteiger partial charge on any atom is -0.493 e. The van der Waals surface area contributed by atoms with Crippen LogP contribution in [0, 0.1) is 5.92 Å². The molecule has 0 unspecified atom stereocenters. The summed E-state index contributed by atoms with van der Waals surface area (Å²) in [5.74, 6) is 1.32. The van der Waals surface area contributed by atoms with Crippen LogP contribution >= 0.6 is 0 Å². The van der Waals surface area contributed by atoms with Gasteiger partial charge in [0.25, 0.3) is 11.8 Å². The van der Waals surface area contributed by atoms with Gasteiger partial charge in [-0.3, -0.25) is 9.59 Å². The molecular formula is C22H27N3O5. The van der Waals surface area contributed by atoms with E-state index in [0.29, 0.717) is 29.6 Å². The van der Waals surface area contributed by atoms with Gasteiger partial charge in [-0.2, -0.15) is 5.10 Å². The SMILES string of the molecule is COc1ccc(C(=O)NCC(=O)NN=Cc2ccc(OCC(C)C)cc2)cc1OC. The third-order valence-corrected chi connectivity index (χ3v) is 3.92. The lowest BCUT2D eigenvalue weighted by atomic mass is 10.2. The number of nitrogens with zero attached hydrogens (tertiary/aromatic N) is 1. The number of rotatable bonds is 10. The molecule has 0 spiro atoms. The maximum atomic E-state index is 12.2. The van der Waals surface area contributed by atoms with E-state index >= 15 is 0 Å². The molecule has 2 aromatic carbocycles. The van der Waals surface area contributed by atoms with Gasteiger partial charge in [-0.25, -0.2) is 5.43 Å². The fourth-order valence-corrected chi connectivity index (χ4v) is 2.37. The van der Waals surface area contributed by atoms with Crippen molar-refractivity contribution < 1.29 is 23.8 Å². The standard InChI is InChI=1S/C22H27N3O5/c1-15(2)14-30-18-8-5-16(6-9-18)12-24-25-21(26)13-23-22(27)17-7-10-19(28-3)20(11-17)29-4/h5-12,15H,13-14H2,1-4H3,(H,23,27)(H,25,26). The second-order valence-electron chi connectivity index (χ2n) is 6.82. The molecule has 2 amide bonds. The molecule has 30 heavy (non-hydrogen) atoms. The molecule has 0 aliphatic heterocycles. The minimum absolute atomic E-state index is 0.216. The average molecular weight is 413 g/mol. The van der Waals surface area contributed by atoms with E-state index in [1.165, 1.54) is 20.4 Å². The number of hydrogen-bond donors (Lipinski definition) is 2. The van der Waals surface area contributed by atoms with E-state index < -0.39 is 11.8 Å². The van der Waals surface area contributed by atoms with Gasteiger partial charge in [-0.05, 0) is 53.9 Å². The molecular weight excluding hydrogens is 386 g/mol. The zero-order chi connectivity index (χ0) is 21.9. The van der Waals surface area contributed by atoms with E-state index in [0.717, 1.165) is 11.3 Å². The Morgan fingerprint density at radius 2 is 1.73 bits per heavy atom. The lowest BCUT2D eigenvalue weighted by molar-refractivity contribution is -0.120. The fourth-order valence-electron chi connectivity index (χ4n) is 2.37. The van der Waals surface area contributed by atoms with Gasteiger partial charge in [0.1, 0.15) is 5.75 Å². The molecule has 0 aromatic heterocycles. The van der Waals surface area contributed by atoms with Crippen molar-refractivity contribution >= 4 is 18.0 Å². The van der Waals surface area contributed by atoms with E-state index in [1.807, 2.05) is 24.3 Å². The van der Waals surface area contributed by atoms with Crippen LogP contribution in [0.15, 0.2) is 47.6 Å². The Balaban J connectivity index is 1.80. The number of methoxy groups -OCH3 is 2. The molecule has 0 heterocycles. The largest absolute Gasteiger partial charge is 0.493 e. The van der Waals surface area contributed by atoms with E-state index in [2.05, 4.69) is 29.7 Å². The van der Waals surface area contributed by atoms with Gasteiger partial charge < -0.3 is 19.5 Å². The summed E-state index contributed by atoms with van der Waals surface area (Å²) in [4.78, 5) is 24.1. The van der Waals surface area contributed by atoms with Crippen LogP contribution in [0.2, 0.25) is 0 Å². The summed E-state index contributed by atoms with van der Waals surface area (Å²) in [6.45, 7) is 4.60. The summed E-state index contributed by atoms with van der Waals surface area (Å²) >= 11 is 0. The van der Waals surface area contributed by atoms with Crippen molar-refractivity contribution in [3.8, 4) is 17.2 Å². The Morgan fingerprint density at radius 3 is 2.37 bits per heavy atom. The summed E-state index contributed by atoms with van der Waals surface area (Å²) < 4.78 is 15.9. The van der Waals surface area contributed by atoms with E-state index in [9.17, 15) is 9.59 Å². The Labute approximate surface area is 176 Å². The maximum absolute atomic E-state index is 12.2. The van der Waals surface area contributed by atoms with Gasteiger partial charge >= 0.3 is 0 Å². The summed E-state index contributed by atoms with van der Waals surface area (Å²) in [6, 6.07) is 12.1. The molecule has 160 valence electrons. The summed E-state index contributed by atoms with van der Waals surface area (Å²) in [5, 5.41) is 6.42. The van der Waals surface area contributed by atoms with Gasteiger partial charge in [0.2, 0.25) is 0 Å². The van der Waals surface area contributed by atoms with E-state index in [4.69, 9.17) is 14.2 Å². The van der Waals surface area contributed by atoms with E-state index in [1.54, 1.807) is 18.2 Å². The molecule has 8 nitrogen and oxygen atoms in total. The number of carbonyl (C=O) groups excluding carboxylic acids is 2. The molecule has 2 N–H and O–H groups in total. The van der Waals surface area contributed by atoms with Crippen molar-refractivity contribution in [2.24, 2.45) is 11.0 Å². The highest BCUT2D eigenvalue weighted by Gasteiger charge is 2.11. The normalized spacial score (nSPS) is 10.7. The van der Waals surface area contributed by atoms with Gasteiger partial charge in [0.05, 0.1) is 33.6 Å². The molecule has 0 aliphatic carbocycles. The lowest BCUT2D eigenvalue weighted by Crippen LogP contribution is -2.34. The first-order chi connectivity index (χ1) is 14.4. The summed E-state index contributed by atoms with van der Waals surface area (Å²) in [6.07, 6.45) is 1.51. The lowest BCUT2D eigenvalue weighted by Gasteiger charge is -2.09. The Bertz CT molecular complexity index is 879. The van der Waals surface area contributed by atoms with Gasteiger partial charge in [0.15, 0.2) is 11.5 Å². The van der Waals surface area contributed by atoms with Crippen LogP contribution in [0.4, 0.5) is 0 Å². The first-order valence-corrected chi connectivity index (χ1v) is 9.48. The molecule has 2 rings (SSSR count). The zero-order valence-corrected chi connectivity index (χ0v) is 17.6. The second kappa shape index (κ2) is 11.5. The number of carbonyl (C=O) groups is 2. The molecule has 0 bridgehead atoms. The Hall–Kier alpha value is -3.55. The van der Waals surface area contributed by atoms with Crippen LogP contribution in [0.5, 0.6) is 17.2 Å². The van der Waals surface area contributed by atoms with Crippen molar-refractivity contribution in [3.63, 3.8) is 0 Å². The number of hydrazone groups is 1. The Kier molecular flexibility index (Phi) is 8.68. The molecule has 0 atom stereocenters. The van der Waals surface area contributed by atoms with Crippen LogP contribution in [0.1, 0.15) is 29.8 Å². The van der Waals surface area contributed by atoms with Crippen molar-refractivity contribution in [3.05, 3.63) is 53.6 Å². The fraction of sp³-hybridized carbons (Fsp3) is 0.318. The third kappa shape index (κ3) is 7.12. The highest BCUT2D eigenvalue weighted by atomic mass is 16.5. The molecule has 0 radical (unpaired) electrons. The Morgan fingerprint density at radius 1 is 1.03 bits per heavy atom. The molecule has 8 heteroatoms. The van der Waals surface area contributed by atoms with Crippen LogP contribution in [-0.2, 0) is 4.79 Å². The van der Waals surface area contributed by atoms with Crippen molar-refractivity contribution in [2.75, 3.05) is 27.4 Å². The van der Waals surface area contributed by atoms with E-state index in [-0.39, 0.29) is 6.54 Å². The van der Waals surface area contributed by atoms with Gasteiger partial charge in [-0.1, -0.05) is 13.8 Å². The molecule has 2 aromatic rings. The number of amides is 2. The number of benzene rings is 2. The summed E-state index contributed by atoms with van der Waals surface area (Å²) in [7, 11) is 2.99. The second-order valence-corrected chi connectivity index (χ2v) is 6.82. The highest BCUT2D eigenvalue weighted by molar-refractivity contribution is 5.97. The minimum atomic E-state index is -0.447. The van der Waals surface area contributed by atoms with Crippen molar-refractivity contribution in [1.82, 2.24) is 10.7 Å². The van der Waals surface area contributed by atoms with Crippen LogP contribution in [-0.4, -0.2) is 45.4 Å². The van der Waals surface area contributed by atoms with Crippen LogP contribution < -0.4 is 25.0 Å². The molecule has 0 saturated heterocycles. The van der Waals surface area contributed by atoms with Crippen LogP contribution in [0.25, 0.3) is 0 Å². The molecule has 0 aliphatic rings. The summed E-state index contributed by atoms with van der Waals surface area (Å²) in [5.41, 5.74) is 3.53. The molecule has 0 saturated carbocycles. The first kappa shape index (κ1) is 22.7. The smallest absolute Gasteiger partial charge is 0.259 e. The van der Waals surface area contributed by atoms with Crippen molar-refractivity contribution in [2.45, 2.75) is 13.8 Å². The van der Waals surface area contributed by atoms with Crippen molar-refractivity contribution in [1.29, 1.82) is 0 Å². The monoisotopic (exact) mass is 413 g/mol.